The van der Waals surface area contributed by atoms with E-state index in [4.69, 9.17) is 5.73 Å². The minimum Gasteiger partial charge on any atom is -0.352 e. The summed E-state index contributed by atoms with van der Waals surface area (Å²) < 4.78 is 0. The quantitative estimate of drug-likeness (QED) is 0.792. The number of nitrogens with one attached hydrogen (secondary N) is 1. The first kappa shape index (κ1) is 12.9. The topological polar surface area (TPSA) is 55.1 Å². The van der Waals surface area contributed by atoms with E-state index in [1.165, 1.54) is 12.8 Å². The molecule has 0 atom stereocenters. The van der Waals surface area contributed by atoms with E-state index in [1.54, 1.807) is 0 Å². The lowest BCUT2D eigenvalue weighted by atomic mass is 9.76. The highest BCUT2D eigenvalue weighted by Crippen LogP contribution is 2.32. The molecular weight excluding hydrogens is 212 g/mol. The summed E-state index contributed by atoms with van der Waals surface area (Å²) in [5.74, 6) is 1.72. The maximum Gasteiger partial charge on any atom is 0.240 e. The zero-order valence-electron chi connectivity index (χ0n) is 11.2. The molecule has 0 bridgehead atoms. The summed E-state index contributed by atoms with van der Waals surface area (Å²) in [7, 11) is 0. The predicted molar refractivity (Wildman–Crippen MR) is 69.5 cm³/mol. The van der Waals surface area contributed by atoms with E-state index < -0.39 is 5.54 Å². The van der Waals surface area contributed by atoms with Crippen molar-refractivity contribution in [3.8, 4) is 0 Å². The highest BCUT2D eigenvalue weighted by atomic mass is 16.2. The second kappa shape index (κ2) is 4.97. The van der Waals surface area contributed by atoms with Gasteiger partial charge in [0.05, 0.1) is 5.54 Å². The molecule has 2 aliphatic rings. The van der Waals surface area contributed by atoms with Gasteiger partial charge in [0, 0.05) is 6.04 Å². The Morgan fingerprint density at radius 1 is 1.24 bits per heavy atom. The van der Waals surface area contributed by atoms with Gasteiger partial charge in [0.15, 0.2) is 0 Å². The Kier molecular flexibility index (Phi) is 3.76. The SMILES string of the molecule is CC(C)[C@H]1CC[C@H](NC(=O)C2(N)CCC2)CC1. The maximum absolute atomic E-state index is 12.0. The van der Waals surface area contributed by atoms with Crippen molar-refractivity contribution in [2.24, 2.45) is 17.6 Å². The van der Waals surface area contributed by atoms with Crippen LogP contribution >= 0.6 is 0 Å². The molecule has 0 saturated heterocycles. The van der Waals surface area contributed by atoms with Gasteiger partial charge in [-0.3, -0.25) is 4.79 Å². The molecule has 0 aromatic rings. The first-order valence-corrected chi connectivity index (χ1v) is 7.11. The van der Waals surface area contributed by atoms with Crippen LogP contribution in [-0.2, 0) is 4.79 Å². The Bertz CT molecular complexity index is 276. The van der Waals surface area contributed by atoms with E-state index in [1.807, 2.05) is 0 Å². The third-order valence-corrected chi connectivity index (χ3v) is 4.75. The van der Waals surface area contributed by atoms with Gasteiger partial charge >= 0.3 is 0 Å². The van der Waals surface area contributed by atoms with Crippen LogP contribution in [0.3, 0.4) is 0 Å². The van der Waals surface area contributed by atoms with Crippen LogP contribution in [0.4, 0.5) is 0 Å². The lowest BCUT2D eigenvalue weighted by molar-refractivity contribution is -0.130. The highest BCUT2D eigenvalue weighted by molar-refractivity contribution is 5.87. The Labute approximate surface area is 105 Å². The highest BCUT2D eigenvalue weighted by Gasteiger charge is 2.41. The van der Waals surface area contributed by atoms with E-state index in [9.17, 15) is 4.79 Å². The molecule has 0 heterocycles. The number of hydrogen-bond acceptors (Lipinski definition) is 2. The first-order valence-electron chi connectivity index (χ1n) is 7.11. The Balaban J connectivity index is 1.76. The van der Waals surface area contributed by atoms with E-state index in [2.05, 4.69) is 19.2 Å². The molecule has 0 aromatic carbocycles. The fourth-order valence-corrected chi connectivity index (χ4v) is 3.04. The molecule has 1 amide bonds. The lowest BCUT2D eigenvalue weighted by Crippen LogP contribution is -2.60. The average Bonchev–Trinajstić information content (AvgIpc) is 2.26. The van der Waals surface area contributed by atoms with E-state index in [0.717, 1.165) is 43.9 Å². The lowest BCUT2D eigenvalue weighted by Gasteiger charge is -2.39. The fourth-order valence-electron chi connectivity index (χ4n) is 3.04. The van der Waals surface area contributed by atoms with Gasteiger partial charge < -0.3 is 11.1 Å². The van der Waals surface area contributed by atoms with Crippen molar-refractivity contribution < 1.29 is 4.79 Å². The fraction of sp³-hybridized carbons (Fsp3) is 0.929. The molecule has 2 aliphatic carbocycles. The molecular formula is C14H26N2O. The van der Waals surface area contributed by atoms with Crippen molar-refractivity contribution in [2.75, 3.05) is 0 Å². The van der Waals surface area contributed by atoms with Crippen molar-refractivity contribution in [3.05, 3.63) is 0 Å². The minimum atomic E-state index is -0.533. The molecule has 0 aliphatic heterocycles. The van der Waals surface area contributed by atoms with Crippen LogP contribution in [0.5, 0.6) is 0 Å². The molecule has 3 nitrogen and oxygen atoms in total. The normalized spacial score (nSPS) is 32.0. The maximum atomic E-state index is 12.0. The van der Waals surface area contributed by atoms with Gasteiger partial charge in [-0.2, -0.15) is 0 Å². The number of rotatable bonds is 3. The van der Waals surface area contributed by atoms with Crippen molar-refractivity contribution in [3.63, 3.8) is 0 Å². The van der Waals surface area contributed by atoms with Crippen LogP contribution in [0.2, 0.25) is 0 Å². The van der Waals surface area contributed by atoms with Crippen LogP contribution in [0.15, 0.2) is 0 Å². The second-order valence-corrected chi connectivity index (χ2v) is 6.34. The summed E-state index contributed by atoms with van der Waals surface area (Å²) in [5.41, 5.74) is 5.49. The first-order chi connectivity index (χ1) is 8.01. The largest absolute Gasteiger partial charge is 0.352 e. The van der Waals surface area contributed by atoms with Crippen LogP contribution in [0.1, 0.15) is 58.8 Å². The number of nitrogens with two attached hydrogens (primary N) is 1. The molecule has 0 unspecified atom stereocenters. The Hall–Kier alpha value is -0.570. The van der Waals surface area contributed by atoms with Crippen molar-refractivity contribution in [2.45, 2.75) is 70.4 Å². The standard InChI is InChI=1S/C14H26N2O/c1-10(2)11-4-6-12(7-5-11)16-13(17)14(15)8-3-9-14/h10-12H,3-9,15H2,1-2H3,(H,16,17)/t11-,12-. The van der Waals surface area contributed by atoms with Crippen molar-refractivity contribution in [1.82, 2.24) is 5.32 Å². The third-order valence-electron chi connectivity index (χ3n) is 4.75. The summed E-state index contributed by atoms with van der Waals surface area (Å²) in [6.07, 6.45) is 7.58. The number of hydrogen-bond donors (Lipinski definition) is 2. The van der Waals surface area contributed by atoms with Crippen LogP contribution in [0, 0.1) is 11.8 Å². The predicted octanol–water partition coefficient (Wildman–Crippen LogP) is 2.20. The monoisotopic (exact) mass is 238 g/mol. The van der Waals surface area contributed by atoms with Gasteiger partial charge in [0.25, 0.3) is 0 Å². The summed E-state index contributed by atoms with van der Waals surface area (Å²) in [6, 6.07) is 0.374. The molecule has 2 saturated carbocycles. The minimum absolute atomic E-state index is 0.0942. The smallest absolute Gasteiger partial charge is 0.240 e. The van der Waals surface area contributed by atoms with E-state index in [0.29, 0.717) is 6.04 Å². The van der Waals surface area contributed by atoms with Gasteiger partial charge in [-0.15, -0.1) is 0 Å². The van der Waals surface area contributed by atoms with Gasteiger partial charge in [-0.25, -0.2) is 0 Å². The van der Waals surface area contributed by atoms with Gasteiger partial charge in [0.2, 0.25) is 5.91 Å². The zero-order valence-corrected chi connectivity index (χ0v) is 11.2. The summed E-state index contributed by atoms with van der Waals surface area (Å²) in [4.78, 5) is 12.0. The number of carbonyl (C=O) groups is 1. The number of carbonyl (C=O) groups excluding carboxylic acids is 1. The van der Waals surface area contributed by atoms with Crippen LogP contribution < -0.4 is 11.1 Å². The molecule has 17 heavy (non-hydrogen) atoms. The zero-order chi connectivity index (χ0) is 12.5. The molecule has 0 aromatic heterocycles. The molecule has 3 N–H and O–H groups in total. The van der Waals surface area contributed by atoms with Gasteiger partial charge in [-0.1, -0.05) is 13.8 Å². The number of amides is 1. The van der Waals surface area contributed by atoms with Gasteiger partial charge in [-0.05, 0) is 56.8 Å². The second-order valence-electron chi connectivity index (χ2n) is 6.34. The van der Waals surface area contributed by atoms with Crippen molar-refractivity contribution >= 4 is 5.91 Å². The van der Waals surface area contributed by atoms with E-state index >= 15 is 0 Å². The van der Waals surface area contributed by atoms with Crippen LogP contribution in [0.25, 0.3) is 0 Å². The van der Waals surface area contributed by atoms with Gasteiger partial charge in [0.1, 0.15) is 0 Å². The molecule has 0 spiro atoms. The van der Waals surface area contributed by atoms with E-state index in [-0.39, 0.29) is 5.91 Å². The van der Waals surface area contributed by atoms with Crippen molar-refractivity contribution in [1.29, 1.82) is 0 Å². The molecule has 0 radical (unpaired) electrons. The Morgan fingerprint density at radius 2 is 1.82 bits per heavy atom. The molecule has 2 fully saturated rings. The third kappa shape index (κ3) is 2.82. The summed E-state index contributed by atoms with van der Waals surface area (Å²) in [6.45, 7) is 4.60. The molecule has 98 valence electrons. The Morgan fingerprint density at radius 3 is 2.24 bits per heavy atom. The summed E-state index contributed by atoms with van der Waals surface area (Å²) in [5, 5.41) is 3.16. The summed E-state index contributed by atoms with van der Waals surface area (Å²) >= 11 is 0. The molecule has 3 heteroatoms. The average molecular weight is 238 g/mol. The van der Waals surface area contributed by atoms with Crippen LogP contribution in [-0.4, -0.2) is 17.5 Å². The molecule has 2 rings (SSSR count).